The van der Waals surface area contributed by atoms with Crippen molar-refractivity contribution in [3.63, 3.8) is 0 Å². The fraction of sp³-hybridized carbons (Fsp3) is 0.361. The van der Waals surface area contributed by atoms with Crippen LogP contribution in [0.1, 0.15) is 63.6 Å². The fourth-order valence-electron chi connectivity index (χ4n) is 6.80. The molecule has 1 saturated heterocycles. The van der Waals surface area contributed by atoms with Gasteiger partial charge >= 0.3 is 0 Å². The predicted molar refractivity (Wildman–Crippen MR) is 186 cm³/mol. The number of allylic oxidation sites excluding steroid dienone is 1. The van der Waals surface area contributed by atoms with Crippen LogP contribution in [0, 0.1) is 10.1 Å². The number of carbonyl (C=O) groups is 1. The first-order valence-electron chi connectivity index (χ1n) is 16.2. The molecule has 0 saturated carbocycles. The minimum absolute atomic E-state index is 0.0380. The Bertz CT molecular complexity index is 2070. The Morgan fingerprint density at radius 1 is 1.09 bits per heavy atom. The highest BCUT2D eigenvalue weighted by Gasteiger charge is 2.36. The van der Waals surface area contributed by atoms with Crippen LogP contribution in [0.25, 0.3) is 16.8 Å². The lowest BCUT2D eigenvalue weighted by Crippen LogP contribution is -2.43. The first kappa shape index (κ1) is 32.2. The average Bonchev–Trinajstić information content (AvgIpc) is 3.22. The van der Waals surface area contributed by atoms with Gasteiger partial charge in [-0.15, -0.1) is 0 Å². The first-order valence-corrected chi connectivity index (χ1v) is 17.0. The lowest BCUT2D eigenvalue weighted by molar-refractivity contribution is -0.384. The molecule has 47 heavy (non-hydrogen) atoms. The van der Waals surface area contributed by atoms with Gasteiger partial charge in [0.15, 0.2) is 4.80 Å². The van der Waals surface area contributed by atoms with Crippen molar-refractivity contribution in [3.05, 3.63) is 107 Å². The number of nitrogens with zero attached hydrogens (tertiary/aromatic N) is 5. The zero-order chi connectivity index (χ0) is 33.2. The molecule has 0 unspecified atom stereocenters. The van der Waals surface area contributed by atoms with Gasteiger partial charge in [-0.2, -0.15) is 0 Å². The Labute approximate surface area is 277 Å². The van der Waals surface area contributed by atoms with Crippen molar-refractivity contribution >= 4 is 45.5 Å². The SMILES string of the molecule is CCN(CC)C(=O)C1=C(C)N=c2s/c(=C\c3cc([N+](=O)[O-])ccc3N3CCCCCC3)c(=O)n2[C@H]1c1c(OC)ccc2ccccc12. The van der Waals surface area contributed by atoms with Crippen LogP contribution in [0.3, 0.4) is 0 Å². The lowest BCUT2D eigenvalue weighted by atomic mass is 9.90. The molecule has 0 aliphatic carbocycles. The van der Waals surface area contributed by atoms with Crippen LogP contribution in [0.2, 0.25) is 0 Å². The number of nitro groups is 1. The summed E-state index contributed by atoms with van der Waals surface area (Å²) in [5.74, 6) is 0.373. The van der Waals surface area contributed by atoms with Gasteiger partial charge in [-0.3, -0.25) is 24.3 Å². The number of methoxy groups -OCH3 is 1. The van der Waals surface area contributed by atoms with E-state index in [1.54, 1.807) is 34.8 Å². The smallest absolute Gasteiger partial charge is 0.271 e. The molecule has 0 radical (unpaired) electrons. The summed E-state index contributed by atoms with van der Waals surface area (Å²) < 4.78 is 7.89. The van der Waals surface area contributed by atoms with Gasteiger partial charge in [0, 0.05) is 55.1 Å². The molecule has 1 atom stereocenters. The van der Waals surface area contributed by atoms with E-state index in [0.717, 1.165) is 55.2 Å². The van der Waals surface area contributed by atoms with Crippen LogP contribution in [0.4, 0.5) is 11.4 Å². The number of aromatic nitrogens is 1. The van der Waals surface area contributed by atoms with Gasteiger partial charge in [-0.1, -0.05) is 54.5 Å². The van der Waals surface area contributed by atoms with Crippen LogP contribution >= 0.6 is 11.3 Å². The predicted octanol–water partition coefficient (Wildman–Crippen LogP) is 5.55. The zero-order valence-electron chi connectivity index (χ0n) is 27.2. The number of carbonyl (C=O) groups excluding carboxylic acids is 1. The van der Waals surface area contributed by atoms with Crippen molar-refractivity contribution < 1.29 is 14.5 Å². The number of hydrogen-bond donors (Lipinski definition) is 0. The zero-order valence-corrected chi connectivity index (χ0v) is 28.0. The van der Waals surface area contributed by atoms with Gasteiger partial charge in [0.25, 0.3) is 17.2 Å². The number of anilines is 1. The monoisotopic (exact) mass is 653 g/mol. The molecule has 11 heteroatoms. The van der Waals surface area contributed by atoms with Gasteiger partial charge < -0.3 is 14.5 Å². The maximum Gasteiger partial charge on any atom is 0.271 e. The maximum atomic E-state index is 14.6. The number of amides is 1. The molecule has 6 rings (SSSR count). The minimum Gasteiger partial charge on any atom is -0.496 e. The molecule has 0 spiro atoms. The van der Waals surface area contributed by atoms with E-state index >= 15 is 0 Å². The van der Waals surface area contributed by atoms with E-state index in [0.29, 0.717) is 50.6 Å². The van der Waals surface area contributed by atoms with Gasteiger partial charge in [0.1, 0.15) is 11.8 Å². The molecule has 1 amide bonds. The Hall–Kier alpha value is -4.77. The van der Waals surface area contributed by atoms with Crippen molar-refractivity contribution in [1.82, 2.24) is 9.47 Å². The molecule has 1 fully saturated rings. The Morgan fingerprint density at radius 3 is 2.49 bits per heavy atom. The number of non-ortho nitro benzene ring substituents is 1. The topological polar surface area (TPSA) is 110 Å². The fourth-order valence-corrected chi connectivity index (χ4v) is 7.83. The Kier molecular flexibility index (Phi) is 9.26. The summed E-state index contributed by atoms with van der Waals surface area (Å²) in [6.07, 6.45) is 6.10. The second-order valence-corrected chi connectivity index (χ2v) is 12.9. The summed E-state index contributed by atoms with van der Waals surface area (Å²) in [6, 6.07) is 15.8. The number of fused-ring (bicyclic) bond motifs is 2. The van der Waals surface area contributed by atoms with E-state index in [1.165, 1.54) is 17.4 Å². The lowest BCUT2D eigenvalue weighted by Gasteiger charge is -2.30. The van der Waals surface area contributed by atoms with Crippen LogP contribution in [-0.2, 0) is 4.79 Å². The van der Waals surface area contributed by atoms with Gasteiger partial charge in [-0.25, -0.2) is 4.99 Å². The number of thiazole rings is 1. The summed E-state index contributed by atoms with van der Waals surface area (Å²) >= 11 is 1.23. The number of nitro benzene ring substituents is 1. The van der Waals surface area contributed by atoms with Gasteiger partial charge in [0.05, 0.1) is 27.8 Å². The van der Waals surface area contributed by atoms with Crippen molar-refractivity contribution in [2.45, 2.75) is 52.5 Å². The van der Waals surface area contributed by atoms with Crippen LogP contribution in [0.15, 0.2) is 75.7 Å². The molecule has 10 nitrogen and oxygen atoms in total. The average molecular weight is 654 g/mol. The molecule has 1 aromatic heterocycles. The van der Waals surface area contributed by atoms with Crippen LogP contribution in [-0.4, -0.2) is 53.6 Å². The second kappa shape index (κ2) is 13.5. The van der Waals surface area contributed by atoms with Gasteiger partial charge in [0.2, 0.25) is 0 Å². The molecule has 3 heterocycles. The van der Waals surface area contributed by atoms with Gasteiger partial charge in [-0.05, 0) is 62.6 Å². The highest BCUT2D eigenvalue weighted by molar-refractivity contribution is 7.07. The van der Waals surface area contributed by atoms with Crippen molar-refractivity contribution in [1.29, 1.82) is 0 Å². The molecular formula is C36H39N5O5S. The summed E-state index contributed by atoms with van der Waals surface area (Å²) in [6.45, 7) is 8.37. The van der Waals surface area contributed by atoms with Crippen LogP contribution in [0.5, 0.6) is 5.75 Å². The molecular weight excluding hydrogens is 614 g/mol. The highest BCUT2D eigenvalue weighted by atomic mass is 32.1. The van der Waals surface area contributed by atoms with E-state index < -0.39 is 11.0 Å². The van der Waals surface area contributed by atoms with Crippen molar-refractivity contribution in [2.24, 2.45) is 4.99 Å². The van der Waals surface area contributed by atoms with Crippen molar-refractivity contribution in [2.75, 3.05) is 38.2 Å². The van der Waals surface area contributed by atoms with E-state index in [-0.39, 0.29) is 17.2 Å². The van der Waals surface area contributed by atoms with E-state index in [2.05, 4.69) is 4.90 Å². The summed E-state index contributed by atoms with van der Waals surface area (Å²) in [4.78, 5) is 49.6. The largest absolute Gasteiger partial charge is 0.496 e. The molecule has 0 N–H and O–H groups in total. The molecule has 2 aliphatic heterocycles. The summed E-state index contributed by atoms with van der Waals surface area (Å²) in [7, 11) is 1.59. The third kappa shape index (κ3) is 5.95. The Morgan fingerprint density at radius 2 is 1.81 bits per heavy atom. The quantitative estimate of drug-likeness (QED) is 0.182. The normalized spacial score (nSPS) is 16.9. The van der Waals surface area contributed by atoms with E-state index in [9.17, 15) is 19.7 Å². The van der Waals surface area contributed by atoms with Crippen LogP contribution < -0.4 is 24.5 Å². The molecule has 2 aliphatic rings. The Balaban J connectivity index is 1.63. The maximum absolute atomic E-state index is 14.6. The second-order valence-electron chi connectivity index (χ2n) is 11.9. The molecule has 3 aromatic carbocycles. The van der Waals surface area contributed by atoms with E-state index in [4.69, 9.17) is 9.73 Å². The number of hydrogen-bond acceptors (Lipinski definition) is 8. The molecule has 244 valence electrons. The molecule has 4 aromatic rings. The first-order chi connectivity index (χ1) is 22.8. The summed E-state index contributed by atoms with van der Waals surface area (Å²) in [5.41, 5.74) is 2.79. The number of rotatable bonds is 8. The van der Waals surface area contributed by atoms with Crippen molar-refractivity contribution in [3.8, 4) is 5.75 Å². The number of likely N-dealkylation sites (N-methyl/N-ethyl adjacent to an activating group) is 1. The molecule has 0 bridgehead atoms. The highest BCUT2D eigenvalue weighted by Crippen LogP contribution is 2.40. The van der Waals surface area contributed by atoms with E-state index in [1.807, 2.05) is 57.2 Å². The third-order valence-corrected chi connectivity index (χ3v) is 10.2. The summed E-state index contributed by atoms with van der Waals surface area (Å²) in [5, 5.41) is 13.6. The number of ether oxygens (including phenoxy) is 1. The third-order valence-electron chi connectivity index (χ3n) is 9.18. The number of benzene rings is 3. The minimum atomic E-state index is -0.808. The standard InChI is InChI=1S/C36H39N5O5S/c1-5-38(6-2)35(43)31-23(3)37-36-40(33(31)32-27-14-10-9-13-24(27)15-18-29(32)46-4)34(42)30(47-36)22-25-21-26(41(44)45)16-17-28(25)39-19-11-7-8-12-20-39/h9-10,13-18,21-22,33H,5-8,11-12,19-20H2,1-4H3/b30-22-/t33-/m1/s1.